The number of rotatable bonds is 10. The lowest BCUT2D eigenvalue weighted by molar-refractivity contribution is 0.517. The van der Waals surface area contributed by atoms with E-state index in [1.54, 1.807) is 0 Å². The third-order valence-electron chi connectivity index (χ3n) is 18.0. The van der Waals surface area contributed by atoms with Gasteiger partial charge in [0.15, 0.2) is 0 Å². The van der Waals surface area contributed by atoms with Crippen LogP contribution in [0.5, 0.6) is 0 Å². The Morgan fingerprint density at radius 2 is 0.852 bits per heavy atom. The lowest BCUT2D eigenvalue weighted by Gasteiger charge is -2.35. The molecule has 0 amide bonds. The second-order valence-corrected chi connectivity index (χ2v) is 25.2. The van der Waals surface area contributed by atoms with Crippen molar-refractivity contribution in [2.75, 3.05) is 9.80 Å². The van der Waals surface area contributed by atoms with Crippen LogP contribution >= 0.6 is 0 Å². The quantitative estimate of drug-likeness (QED) is 0.101. The highest BCUT2D eigenvalue weighted by atomic mass is 15.2. The lowest BCUT2D eigenvalue weighted by atomic mass is 9.61. The van der Waals surface area contributed by atoms with E-state index < -0.39 is 0 Å². The van der Waals surface area contributed by atoms with Gasteiger partial charge in [-0.25, -0.2) is 0 Å². The van der Waals surface area contributed by atoms with Crippen molar-refractivity contribution < 1.29 is 0 Å². The van der Waals surface area contributed by atoms with Crippen molar-refractivity contribution in [2.45, 2.75) is 47.0 Å². The summed E-state index contributed by atoms with van der Waals surface area (Å²) in [5.41, 5.74) is 16.5. The van der Waals surface area contributed by atoms with E-state index in [0.717, 1.165) is 127 Å². The second-order valence-electron chi connectivity index (χ2n) is 25.2. The Morgan fingerprint density at radius 3 is 1.35 bits per heavy atom. The third-order valence-corrected chi connectivity index (χ3v) is 18.0. The van der Waals surface area contributed by atoms with Gasteiger partial charge in [-0.3, -0.25) is 0 Å². The molecule has 0 aliphatic rings. The van der Waals surface area contributed by atoms with E-state index in [4.69, 9.17) is 78.5 Å². The molecule has 4 aromatic heterocycles. The van der Waals surface area contributed by atoms with Crippen LogP contribution in [-0.4, -0.2) is 87.3 Å². The fourth-order valence-electron chi connectivity index (χ4n) is 13.5. The topological polar surface area (TPSA) is 15.3 Å². The number of fused-ring (bicyclic) bond motifs is 12. The van der Waals surface area contributed by atoms with Gasteiger partial charge in [0.2, 0.25) is 0 Å². The molecule has 14 rings (SSSR count). The van der Waals surface area contributed by atoms with Crippen LogP contribution in [0.2, 0.25) is 0 Å². The molecule has 0 bridgehead atoms. The van der Waals surface area contributed by atoms with Gasteiger partial charge in [-0.05, 0) is 87.7 Å². The highest BCUT2D eigenvalue weighted by molar-refractivity contribution is 6.70. The summed E-state index contributed by atoms with van der Waals surface area (Å²) in [6, 6.07) is 57.6. The Kier molecular flexibility index (Phi) is 13.4. The molecule has 0 spiro atoms. The monoisotopic (exact) mass is 1100 g/mol. The Balaban J connectivity index is 1.09. The third kappa shape index (κ3) is 8.40. The van der Waals surface area contributed by atoms with Crippen LogP contribution in [0.3, 0.4) is 0 Å². The van der Waals surface area contributed by atoms with Crippen LogP contribution in [0.4, 0.5) is 28.4 Å². The molecule has 0 aliphatic heterocycles. The number of hydrogen-bond acceptors (Lipinski definition) is 2. The molecule has 0 unspecified atom stereocenters. The molecule has 20 radical (unpaired) electrons. The first kappa shape index (κ1) is 57.0. The molecule has 14 aromatic rings. The molecule has 0 saturated carbocycles. The summed E-state index contributed by atoms with van der Waals surface area (Å²) in [6.45, 7) is 17.4. The maximum atomic E-state index is 7.19. The van der Waals surface area contributed by atoms with Gasteiger partial charge in [-0.15, -0.1) is 32.8 Å². The fourth-order valence-corrected chi connectivity index (χ4v) is 13.5. The van der Waals surface area contributed by atoms with E-state index in [9.17, 15) is 0 Å². The molecule has 10 aromatic carbocycles. The summed E-state index contributed by atoms with van der Waals surface area (Å²) < 4.78 is 4.79. The summed E-state index contributed by atoms with van der Waals surface area (Å²) in [4.78, 5) is 4.23. The van der Waals surface area contributed by atoms with E-state index in [1.807, 2.05) is 42.5 Å². The van der Waals surface area contributed by atoms with Crippen molar-refractivity contribution in [3.8, 4) is 11.1 Å². The number of anilines is 5. The number of aromatic nitrogens is 2. The molecule has 0 aliphatic carbocycles. The predicted molar refractivity (Wildman–Crippen MR) is 389 cm³/mol. The Morgan fingerprint density at radius 1 is 0.409 bits per heavy atom. The summed E-state index contributed by atoms with van der Waals surface area (Å²) >= 11 is 0. The highest BCUT2D eigenvalue weighted by Crippen LogP contribution is 2.52. The summed E-state index contributed by atoms with van der Waals surface area (Å²) in [7, 11) is 69.1. The Bertz CT molecular complexity index is 5260. The number of hydrogen-bond donors (Lipinski definition) is 0. The highest BCUT2D eigenvalue weighted by Gasteiger charge is 2.32. The van der Waals surface area contributed by atoms with Crippen LogP contribution in [-0.2, 0) is 5.41 Å². The van der Waals surface area contributed by atoms with E-state index in [0.29, 0.717) is 11.4 Å². The Hall–Kier alpha value is -8.73. The van der Waals surface area contributed by atoms with Crippen LogP contribution in [0, 0.1) is 5.41 Å². The number of allylic oxidation sites excluding steroid dienone is 4. The molecule has 0 atom stereocenters. The fraction of sp³-hybridized carbons (Fsp3) is 0.108. The maximum Gasteiger partial charge on any atom is 0.115 e. The first-order valence-electron chi connectivity index (χ1n) is 29.4. The molecule has 4 heterocycles. The van der Waals surface area contributed by atoms with Crippen molar-refractivity contribution in [1.82, 2.24) is 8.80 Å². The molecule has 4 nitrogen and oxygen atoms in total. The van der Waals surface area contributed by atoms with Gasteiger partial charge >= 0.3 is 0 Å². The average molecular weight is 1100 g/mol. The normalized spacial score (nSPS) is 12.8. The zero-order valence-corrected chi connectivity index (χ0v) is 50.1. The van der Waals surface area contributed by atoms with Crippen LogP contribution in [0.1, 0.15) is 52.7 Å². The SMILES string of the molecule is [B]c1c([B])c([B])c(N(/C(=C/C=C(\C=C)C(C)(C)C)c2ccccc2)c2ccc3c4cc5c(cc4n4c6ccccc6c2c34)c2ccc(N(c3ccc(C(C)(C)C)cc3-c3ccccc3)c3c([B])c([B])c([B])c([B])c3[B])c3c4ccccc4n5c23)c([B])c1[B]. The van der Waals surface area contributed by atoms with Crippen LogP contribution in [0.15, 0.2) is 194 Å². The van der Waals surface area contributed by atoms with Crippen molar-refractivity contribution in [2.24, 2.45) is 5.41 Å². The first-order chi connectivity index (χ1) is 42.1. The molecule has 0 saturated heterocycles. The smallest absolute Gasteiger partial charge is 0.115 e. The minimum absolute atomic E-state index is 0.126. The molecule has 14 heteroatoms. The average Bonchev–Trinajstić information content (AvgIpc) is 1.52. The van der Waals surface area contributed by atoms with E-state index >= 15 is 0 Å². The van der Waals surface area contributed by atoms with Gasteiger partial charge in [0.1, 0.15) is 78.5 Å². The van der Waals surface area contributed by atoms with Crippen LogP contribution < -0.4 is 64.4 Å². The first-order valence-corrected chi connectivity index (χ1v) is 29.4. The molecule has 88 heavy (non-hydrogen) atoms. The number of para-hydroxylation sites is 2. The molecule has 0 N–H and O–H groups in total. The zero-order valence-electron chi connectivity index (χ0n) is 50.1. The van der Waals surface area contributed by atoms with Crippen LogP contribution in [0.25, 0.3) is 93.0 Å². The second kappa shape index (κ2) is 20.7. The molecule has 396 valence electrons. The van der Waals surface area contributed by atoms with Gasteiger partial charge in [0, 0.05) is 60.0 Å². The van der Waals surface area contributed by atoms with E-state index in [1.165, 1.54) is 0 Å². The summed E-state index contributed by atoms with van der Waals surface area (Å²) in [5.74, 6) is 0. The van der Waals surface area contributed by atoms with Gasteiger partial charge < -0.3 is 18.6 Å². The summed E-state index contributed by atoms with van der Waals surface area (Å²) in [5, 5.41) is 8.21. The van der Waals surface area contributed by atoms with Crippen molar-refractivity contribution in [3.63, 3.8) is 0 Å². The number of benzene rings is 10. The van der Waals surface area contributed by atoms with Gasteiger partial charge in [0.25, 0.3) is 0 Å². The molecular formula is C74H50B10N4. The lowest BCUT2D eigenvalue weighted by Crippen LogP contribution is -2.56. The van der Waals surface area contributed by atoms with E-state index in [-0.39, 0.29) is 65.5 Å². The van der Waals surface area contributed by atoms with Crippen molar-refractivity contribution in [1.29, 1.82) is 0 Å². The van der Waals surface area contributed by atoms with Gasteiger partial charge in [-0.2, -0.15) is 0 Å². The van der Waals surface area contributed by atoms with Gasteiger partial charge in [-0.1, -0.05) is 197 Å². The van der Waals surface area contributed by atoms with E-state index in [2.05, 4.69) is 206 Å². The summed E-state index contributed by atoms with van der Waals surface area (Å²) in [6.07, 6.45) is 6.09. The zero-order chi connectivity index (χ0) is 61.7. The molecular weight excluding hydrogens is 1050 g/mol. The molecule has 0 fully saturated rings. The minimum atomic E-state index is -0.232. The van der Waals surface area contributed by atoms with Crippen molar-refractivity contribution >= 4 is 243 Å². The maximum absolute atomic E-state index is 7.19. The Labute approximate surface area is 527 Å². The van der Waals surface area contributed by atoms with Crippen molar-refractivity contribution in [3.05, 3.63) is 205 Å². The standard InChI is InChI=1S/C74H50B10N4/c1-8-40(73(2,3)4)27-31-49(39-21-13-10-14-22-39)85(71-65(81)61(77)59(75)62(78)66(71)82)53-33-29-42-47-36-56-48(37-55(47)87-50-25-17-15-23-44(50)57(53)69(42)87)43-30-34-54(58-45-24-16-18-26-51(45)88(56)70(43)58)86(72-67(83)63(79)60(76)64(80)68(72)84)52-32-28-41(74(5,6)7)35-46(52)38-19-11-9-12-20-38/h8-37H,1H2,2-7H3/b40-27+,49-31+. The predicted octanol–water partition coefficient (Wildman–Crippen LogP) is 8.70. The minimum Gasteiger partial charge on any atom is -0.310 e. The van der Waals surface area contributed by atoms with Gasteiger partial charge in [0.05, 0.1) is 55.9 Å². The number of nitrogens with zero attached hydrogens (tertiary/aromatic N) is 4. The largest absolute Gasteiger partial charge is 0.310 e.